The number of thiol groups is 1. The highest BCUT2D eigenvalue weighted by Crippen LogP contribution is 2.30. The maximum absolute atomic E-state index is 10.7. The van der Waals surface area contributed by atoms with E-state index in [0.717, 1.165) is 11.3 Å². The van der Waals surface area contributed by atoms with Gasteiger partial charge in [-0.25, -0.2) is 0 Å². The van der Waals surface area contributed by atoms with Gasteiger partial charge in [0.1, 0.15) is 6.20 Å². The molecule has 2 aromatic rings. The molecule has 0 bridgehead atoms. The van der Waals surface area contributed by atoms with Crippen molar-refractivity contribution < 1.29 is 4.92 Å². The Morgan fingerprint density at radius 3 is 2.87 bits per heavy atom. The van der Waals surface area contributed by atoms with Gasteiger partial charge in [-0.3, -0.25) is 14.8 Å². The van der Waals surface area contributed by atoms with Crippen LogP contribution in [0.25, 0.3) is 10.7 Å². The van der Waals surface area contributed by atoms with E-state index in [4.69, 9.17) is 0 Å². The number of nitro groups is 1. The summed E-state index contributed by atoms with van der Waals surface area (Å²) in [5.74, 6) is 0. The SMILES string of the molecule is Cn1cc([N+](=O)[O-])c(-c2nnc(S)s2)n1. The minimum atomic E-state index is -0.498. The average molecular weight is 243 g/mol. The van der Waals surface area contributed by atoms with E-state index < -0.39 is 4.92 Å². The van der Waals surface area contributed by atoms with E-state index in [1.54, 1.807) is 7.05 Å². The van der Waals surface area contributed by atoms with Crippen molar-refractivity contribution >= 4 is 29.7 Å². The van der Waals surface area contributed by atoms with E-state index in [9.17, 15) is 10.1 Å². The predicted octanol–water partition coefficient (Wildman–Crippen LogP) is 1.14. The van der Waals surface area contributed by atoms with Gasteiger partial charge in [-0.15, -0.1) is 22.8 Å². The average Bonchev–Trinajstić information content (AvgIpc) is 2.71. The quantitative estimate of drug-likeness (QED) is 0.485. The van der Waals surface area contributed by atoms with E-state index >= 15 is 0 Å². The highest BCUT2D eigenvalue weighted by Gasteiger charge is 2.22. The zero-order chi connectivity index (χ0) is 11.0. The molecule has 2 aromatic heterocycles. The van der Waals surface area contributed by atoms with Gasteiger partial charge in [-0.1, -0.05) is 11.3 Å². The van der Waals surface area contributed by atoms with Gasteiger partial charge in [0.15, 0.2) is 9.35 Å². The van der Waals surface area contributed by atoms with Crippen molar-refractivity contribution in [3.05, 3.63) is 16.3 Å². The van der Waals surface area contributed by atoms with E-state index in [-0.39, 0.29) is 11.4 Å². The lowest BCUT2D eigenvalue weighted by Gasteiger charge is -1.87. The molecule has 0 atom stereocenters. The lowest BCUT2D eigenvalue weighted by molar-refractivity contribution is -0.384. The molecule has 0 spiro atoms. The third kappa shape index (κ3) is 1.83. The molecule has 0 radical (unpaired) electrons. The topological polar surface area (TPSA) is 86.7 Å². The van der Waals surface area contributed by atoms with Gasteiger partial charge < -0.3 is 0 Å². The van der Waals surface area contributed by atoms with Crippen LogP contribution in [-0.2, 0) is 7.05 Å². The predicted molar refractivity (Wildman–Crippen MR) is 56.0 cm³/mol. The summed E-state index contributed by atoms with van der Waals surface area (Å²) >= 11 is 5.14. The van der Waals surface area contributed by atoms with Crippen LogP contribution in [0.4, 0.5) is 5.69 Å². The van der Waals surface area contributed by atoms with Crippen molar-refractivity contribution in [2.45, 2.75) is 4.34 Å². The van der Waals surface area contributed by atoms with Crippen molar-refractivity contribution in [1.82, 2.24) is 20.0 Å². The Bertz CT molecular complexity index is 519. The van der Waals surface area contributed by atoms with Crippen molar-refractivity contribution in [1.29, 1.82) is 0 Å². The Kier molecular flexibility index (Phi) is 2.40. The van der Waals surface area contributed by atoms with Crippen LogP contribution in [0.3, 0.4) is 0 Å². The number of hydrogen-bond donors (Lipinski definition) is 1. The fraction of sp³-hybridized carbons (Fsp3) is 0.167. The molecule has 0 saturated heterocycles. The number of aryl methyl sites for hydroxylation is 1. The molecule has 2 rings (SSSR count). The summed E-state index contributed by atoms with van der Waals surface area (Å²) in [4.78, 5) is 10.2. The lowest BCUT2D eigenvalue weighted by atomic mass is 10.4. The molecule has 0 aliphatic carbocycles. The highest BCUT2D eigenvalue weighted by atomic mass is 32.2. The van der Waals surface area contributed by atoms with Crippen LogP contribution < -0.4 is 0 Å². The van der Waals surface area contributed by atoms with E-state index in [2.05, 4.69) is 27.9 Å². The first kappa shape index (κ1) is 10.1. The second-order valence-electron chi connectivity index (χ2n) is 2.68. The molecule has 0 N–H and O–H groups in total. The van der Waals surface area contributed by atoms with Crippen LogP contribution in [0.5, 0.6) is 0 Å². The van der Waals surface area contributed by atoms with Crippen LogP contribution in [0.1, 0.15) is 0 Å². The maximum Gasteiger partial charge on any atom is 0.317 e. The summed E-state index contributed by atoms with van der Waals surface area (Å²) in [7, 11) is 1.61. The fourth-order valence-corrected chi connectivity index (χ4v) is 1.96. The first-order valence-corrected chi connectivity index (χ1v) is 5.05. The van der Waals surface area contributed by atoms with Gasteiger partial charge in [0.25, 0.3) is 0 Å². The van der Waals surface area contributed by atoms with Gasteiger partial charge in [0.2, 0.25) is 5.69 Å². The van der Waals surface area contributed by atoms with E-state index in [1.807, 2.05) is 0 Å². The molecule has 9 heteroatoms. The second kappa shape index (κ2) is 3.59. The molecule has 0 aliphatic rings. The van der Waals surface area contributed by atoms with Crippen molar-refractivity contribution in [2.75, 3.05) is 0 Å². The third-order valence-electron chi connectivity index (χ3n) is 1.62. The smallest absolute Gasteiger partial charge is 0.268 e. The highest BCUT2D eigenvalue weighted by molar-refractivity contribution is 7.82. The Morgan fingerprint density at radius 2 is 2.33 bits per heavy atom. The van der Waals surface area contributed by atoms with Crippen LogP contribution in [0.15, 0.2) is 10.5 Å². The maximum atomic E-state index is 10.7. The van der Waals surface area contributed by atoms with Crippen LogP contribution in [-0.4, -0.2) is 24.9 Å². The summed E-state index contributed by atoms with van der Waals surface area (Å²) in [5, 5.41) is 22.5. The number of hydrogen-bond acceptors (Lipinski definition) is 7. The summed E-state index contributed by atoms with van der Waals surface area (Å²) in [6.45, 7) is 0. The minimum Gasteiger partial charge on any atom is -0.268 e. The second-order valence-corrected chi connectivity index (χ2v) is 4.39. The molecular formula is C6H5N5O2S2. The molecule has 0 aliphatic heterocycles. The summed E-state index contributed by atoms with van der Waals surface area (Å²) in [5.41, 5.74) is 0.141. The van der Waals surface area contributed by atoms with Crippen molar-refractivity contribution in [3.63, 3.8) is 0 Å². The van der Waals surface area contributed by atoms with Gasteiger partial charge in [-0.05, 0) is 0 Å². The molecule has 7 nitrogen and oxygen atoms in total. The molecule has 78 valence electrons. The van der Waals surface area contributed by atoms with Crippen molar-refractivity contribution in [2.24, 2.45) is 7.05 Å². The monoisotopic (exact) mass is 243 g/mol. The van der Waals surface area contributed by atoms with Gasteiger partial charge in [0.05, 0.1) is 4.92 Å². The van der Waals surface area contributed by atoms with Crippen LogP contribution in [0.2, 0.25) is 0 Å². The summed E-state index contributed by atoms with van der Waals surface area (Å²) in [6.07, 6.45) is 1.33. The molecule has 2 heterocycles. The first-order valence-electron chi connectivity index (χ1n) is 3.79. The van der Waals surface area contributed by atoms with Gasteiger partial charge in [-0.2, -0.15) is 5.10 Å². The van der Waals surface area contributed by atoms with Crippen molar-refractivity contribution in [3.8, 4) is 10.7 Å². The van der Waals surface area contributed by atoms with Crippen LogP contribution >= 0.6 is 24.0 Å². The minimum absolute atomic E-state index is 0.0815. The van der Waals surface area contributed by atoms with Crippen LogP contribution in [0, 0.1) is 10.1 Å². The Labute approximate surface area is 93.3 Å². The van der Waals surface area contributed by atoms with Gasteiger partial charge >= 0.3 is 5.69 Å². The molecule has 0 saturated carbocycles. The number of aromatic nitrogens is 4. The Morgan fingerprint density at radius 1 is 1.60 bits per heavy atom. The van der Waals surface area contributed by atoms with Gasteiger partial charge in [0, 0.05) is 7.05 Å². The molecule has 15 heavy (non-hydrogen) atoms. The fourth-order valence-electron chi connectivity index (χ4n) is 1.07. The Hall–Kier alpha value is -1.48. The normalized spacial score (nSPS) is 10.5. The molecule has 0 unspecified atom stereocenters. The third-order valence-corrected chi connectivity index (χ3v) is 2.72. The molecule has 0 amide bonds. The zero-order valence-corrected chi connectivity index (χ0v) is 9.20. The number of rotatable bonds is 2. The standard InChI is InChI=1S/C6H5N5O2S2/c1-10-2-3(11(12)13)4(9-10)5-7-8-6(14)15-5/h2H,1H3,(H,8,14). The summed E-state index contributed by atoms with van der Waals surface area (Å²) in [6, 6.07) is 0. The largest absolute Gasteiger partial charge is 0.317 e. The van der Waals surface area contributed by atoms with E-state index in [1.165, 1.54) is 10.9 Å². The van der Waals surface area contributed by atoms with E-state index in [0.29, 0.717) is 9.35 Å². The molecular weight excluding hydrogens is 238 g/mol. The summed E-state index contributed by atoms with van der Waals surface area (Å²) < 4.78 is 1.82. The number of nitrogens with zero attached hydrogens (tertiary/aromatic N) is 5. The lowest BCUT2D eigenvalue weighted by Crippen LogP contribution is -1.89. The molecule has 0 aromatic carbocycles. The first-order chi connectivity index (χ1) is 7.08. The zero-order valence-electron chi connectivity index (χ0n) is 7.49. The Balaban J connectivity index is 2.56. The molecule has 0 fully saturated rings.